The summed E-state index contributed by atoms with van der Waals surface area (Å²) in [7, 11) is 0. The Bertz CT molecular complexity index is 759. The number of halogens is 1. The number of carboxylic acids is 1. The van der Waals surface area contributed by atoms with Crippen molar-refractivity contribution in [2.45, 2.75) is 13.0 Å². The van der Waals surface area contributed by atoms with E-state index in [1.54, 1.807) is 48.5 Å². The highest BCUT2D eigenvalue weighted by Crippen LogP contribution is 2.15. The lowest BCUT2D eigenvalue weighted by Gasteiger charge is -2.09. The summed E-state index contributed by atoms with van der Waals surface area (Å²) >= 11 is 5.93. The van der Waals surface area contributed by atoms with Gasteiger partial charge in [0.25, 0.3) is 5.91 Å². The average molecular weight is 347 g/mol. The number of hydrazone groups is 1. The first-order chi connectivity index (χ1) is 11.5. The highest BCUT2D eigenvalue weighted by Gasteiger charge is 2.12. The van der Waals surface area contributed by atoms with Gasteiger partial charge in [-0.1, -0.05) is 23.7 Å². The molecule has 2 aromatic carbocycles. The number of carbonyl (C=O) groups excluding carboxylic acids is 1. The average Bonchev–Trinajstić information content (AvgIpc) is 2.56. The summed E-state index contributed by atoms with van der Waals surface area (Å²) in [5.74, 6) is -1.02. The van der Waals surface area contributed by atoms with E-state index < -0.39 is 18.0 Å². The molecule has 24 heavy (non-hydrogen) atoms. The van der Waals surface area contributed by atoms with Crippen molar-refractivity contribution in [2.24, 2.45) is 5.10 Å². The molecule has 7 heteroatoms. The van der Waals surface area contributed by atoms with Gasteiger partial charge in [0.05, 0.1) is 16.8 Å². The molecule has 0 aliphatic carbocycles. The summed E-state index contributed by atoms with van der Waals surface area (Å²) in [5, 5.41) is 13.0. The molecule has 1 amide bonds. The number of benzene rings is 2. The van der Waals surface area contributed by atoms with Crippen LogP contribution in [0.3, 0.4) is 0 Å². The number of nitrogens with one attached hydrogen (secondary N) is 1. The van der Waals surface area contributed by atoms with Crippen LogP contribution in [0.1, 0.15) is 22.8 Å². The van der Waals surface area contributed by atoms with Gasteiger partial charge in [0, 0.05) is 0 Å². The van der Waals surface area contributed by atoms with Crippen molar-refractivity contribution in [3.05, 3.63) is 64.7 Å². The Kier molecular flexibility index (Phi) is 5.92. The standard InChI is InChI=1S/C17H15ClN2O4/c1-11(17(22)23)24-13-8-6-12(7-9-13)10-19-20-16(21)14-4-2-3-5-15(14)18/h2-11H,1H3,(H,20,21)(H,22,23)/b19-10-/t11-/m1/s1. The first kappa shape index (κ1) is 17.5. The molecule has 0 saturated carbocycles. The van der Waals surface area contributed by atoms with Crippen molar-refractivity contribution in [2.75, 3.05) is 0 Å². The second-order valence-corrected chi connectivity index (χ2v) is 5.25. The van der Waals surface area contributed by atoms with E-state index in [0.717, 1.165) is 0 Å². The molecule has 6 nitrogen and oxygen atoms in total. The topological polar surface area (TPSA) is 88.0 Å². The molecule has 2 rings (SSSR count). The third kappa shape index (κ3) is 4.82. The molecule has 0 radical (unpaired) electrons. The number of rotatable bonds is 6. The van der Waals surface area contributed by atoms with E-state index in [4.69, 9.17) is 21.4 Å². The minimum atomic E-state index is -1.04. The zero-order chi connectivity index (χ0) is 17.5. The highest BCUT2D eigenvalue weighted by atomic mass is 35.5. The van der Waals surface area contributed by atoms with Crippen molar-refractivity contribution in [1.82, 2.24) is 5.43 Å². The van der Waals surface area contributed by atoms with Crippen LogP contribution in [0.25, 0.3) is 0 Å². The number of amides is 1. The molecule has 0 saturated heterocycles. The summed E-state index contributed by atoms with van der Waals surface area (Å²) < 4.78 is 5.22. The van der Waals surface area contributed by atoms with Crippen LogP contribution in [0.2, 0.25) is 5.02 Å². The molecule has 0 unspecified atom stereocenters. The van der Waals surface area contributed by atoms with Crippen LogP contribution in [0.5, 0.6) is 5.75 Å². The first-order valence-electron chi connectivity index (χ1n) is 7.05. The maximum atomic E-state index is 11.9. The molecule has 1 atom stereocenters. The smallest absolute Gasteiger partial charge is 0.344 e. The van der Waals surface area contributed by atoms with Gasteiger partial charge in [-0.2, -0.15) is 5.10 Å². The maximum absolute atomic E-state index is 11.9. The van der Waals surface area contributed by atoms with Gasteiger partial charge >= 0.3 is 5.97 Å². The zero-order valence-electron chi connectivity index (χ0n) is 12.8. The quantitative estimate of drug-likeness (QED) is 0.621. The maximum Gasteiger partial charge on any atom is 0.344 e. The van der Waals surface area contributed by atoms with Crippen LogP contribution in [-0.2, 0) is 4.79 Å². The monoisotopic (exact) mass is 346 g/mol. The molecule has 0 fully saturated rings. The molecule has 0 bridgehead atoms. The Morgan fingerprint density at radius 3 is 2.50 bits per heavy atom. The fraction of sp³-hybridized carbons (Fsp3) is 0.118. The molecule has 0 aromatic heterocycles. The van der Waals surface area contributed by atoms with Gasteiger partial charge in [-0.25, -0.2) is 10.2 Å². The Labute approximate surface area is 143 Å². The fourth-order valence-corrected chi connectivity index (χ4v) is 1.98. The molecule has 2 aromatic rings. The predicted octanol–water partition coefficient (Wildman–Crippen LogP) is 2.96. The summed E-state index contributed by atoms with van der Waals surface area (Å²) in [4.78, 5) is 22.6. The molecule has 124 valence electrons. The highest BCUT2D eigenvalue weighted by molar-refractivity contribution is 6.33. The molecular weight excluding hydrogens is 332 g/mol. The van der Waals surface area contributed by atoms with Crippen LogP contribution in [0.15, 0.2) is 53.6 Å². The molecule has 0 heterocycles. The van der Waals surface area contributed by atoms with Gasteiger partial charge in [0.15, 0.2) is 6.10 Å². The zero-order valence-corrected chi connectivity index (χ0v) is 13.5. The fourth-order valence-electron chi connectivity index (χ4n) is 1.76. The lowest BCUT2D eigenvalue weighted by atomic mass is 10.2. The van der Waals surface area contributed by atoms with Gasteiger partial charge in [-0.15, -0.1) is 0 Å². The Morgan fingerprint density at radius 1 is 1.21 bits per heavy atom. The summed E-state index contributed by atoms with van der Waals surface area (Å²) in [6.07, 6.45) is 0.526. The van der Waals surface area contributed by atoms with Crippen LogP contribution in [-0.4, -0.2) is 29.3 Å². The van der Waals surface area contributed by atoms with E-state index in [-0.39, 0.29) is 0 Å². The van der Waals surface area contributed by atoms with Crippen molar-refractivity contribution < 1.29 is 19.4 Å². The number of hydrogen-bond acceptors (Lipinski definition) is 4. The van der Waals surface area contributed by atoms with Gasteiger partial charge in [0.1, 0.15) is 5.75 Å². The third-order valence-electron chi connectivity index (χ3n) is 3.04. The lowest BCUT2D eigenvalue weighted by Crippen LogP contribution is -2.22. The third-order valence-corrected chi connectivity index (χ3v) is 3.37. The number of aliphatic carboxylic acids is 1. The van der Waals surface area contributed by atoms with Crippen LogP contribution in [0.4, 0.5) is 0 Å². The number of ether oxygens (including phenoxy) is 1. The van der Waals surface area contributed by atoms with E-state index in [9.17, 15) is 9.59 Å². The van der Waals surface area contributed by atoms with E-state index in [2.05, 4.69) is 10.5 Å². The Morgan fingerprint density at radius 2 is 1.88 bits per heavy atom. The Balaban J connectivity index is 1.94. The molecule has 2 N–H and O–H groups in total. The van der Waals surface area contributed by atoms with Crippen LogP contribution >= 0.6 is 11.6 Å². The second kappa shape index (κ2) is 8.12. The lowest BCUT2D eigenvalue weighted by molar-refractivity contribution is -0.144. The van der Waals surface area contributed by atoms with Crippen molar-refractivity contribution in [1.29, 1.82) is 0 Å². The van der Waals surface area contributed by atoms with Gasteiger partial charge in [-0.3, -0.25) is 4.79 Å². The first-order valence-corrected chi connectivity index (χ1v) is 7.42. The molecular formula is C17H15ClN2O4. The molecule has 0 spiro atoms. The van der Waals surface area contributed by atoms with E-state index in [0.29, 0.717) is 21.9 Å². The van der Waals surface area contributed by atoms with Gasteiger partial charge in [0.2, 0.25) is 0 Å². The molecule has 0 aliphatic heterocycles. The van der Waals surface area contributed by atoms with Gasteiger partial charge < -0.3 is 9.84 Å². The van der Waals surface area contributed by atoms with E-state index >= 15 is 0 Å². The predicted molar refractivity (Wildman–Crippen MR) is 90.7 cm³/mol. The normalized spacial score (nSPS) is 11.9. The minimum absolute atomic E-state index is 0.336. The largest absolute Gasteiger partial charge is 0.479 e. The number of nitrogens with zero attached hydrogens (tertiary/aromatic N) is 1. The number of carboxylic acid groups (broad SMARTS) is 1. The minimum Gasteiger partial charge on any atom is -0.479 e. The number of carbonyl (C=O) groups is 2. The second-order valence-electron chi connectivity index (χ2n) is 4.85. The van der Waals surface area contributed by atoms with Crippen molar-refractivity contribution >= 4 is 29.7 Å². The van der Waals surface area contributed by atoms with E-state index in [1.165, 1.54) is 13.1 Å². The summed E-state index contributed by atoms with van der Waals surface area (Å²) in [5.41, 5.74) is 3.44. The summed E-state index contributed by atoms with van der Waals surface area (Å²) in [6.45, 7) is 1.45. The SMILES string of the molecule is C[C@@H](Oc1ccc(/C=N\NC(=O)c2ccccc2Cl)cc1)C(=O)O. The van der Waals surface area contributed by atoms with Crippen LogP contribution in [0, 0.1) is 0 Å². The van der Waals surface area contributed by atoms with Crippen molar-refractivity contribution in [3.8, 4) is 5.75 Å². The van der Waals surface area contributed by atoms with E-state index in [1.807, 2.05) is 0 Å². The number of hydrogen-bond donors (Lipinski definition) is 2. The summed E-state index contributed by atoms with van der Waals surface area (Å²) in [6, 6.07) is 13.3. The van der Waals surface area contributed by atoms with Crippen LogP contribution < -0.4 is 10.2 Å². The molecule has 0 aliphatic rings. The van der Waals surface area contributed by atoms with Crippen molar-refractivity contribution in [3.63, 3.8) is 0 Å². The Hall–Kier alpha value is -2.86. The van der Waals surface area contributed by atoms with Gasteiger partial charge in [-0.05, 0) is 48.9 Å².